The van der Waals surface area contributed by atoms with Crippen LogP contribution in [0, 0.1) is 6.92 Å². The van der Waals surface area contributed by atoms with E-state index in [0.29, 0.717) is 0 Å². The van der Waals surface area contributed by atoms with E-state index >= 15 is 0 Å². The molecule has 2 atom stereocenters. The Morgan fingerprint density at radius 1 is 1.18 bits per heavy atom. The Kier molecular flexibility index (Phi) is 4.09. The molecule has 1 amide bonds. The van der Waals surface area contributed by atoms with E-state index in [2.05, 4.69) is 5.32 Å². The van der Waals surface area contributed by atoms with Crippen molar-refractivity contribution in [3.05, 3.63) is 53.6 Å². The van der Waals surface area contributed by atoms with Crippen LogP contribution in [0.4, 0.5) is 5.69 Å². The number of thioether (sulfide) groups is 1. The molecule has 0 saturated heterocycles. The number of ether oxygens (including phenoxy) is 1. The zero-order valence-electron chi connectivity index (χ0n) is 12.4. The Balaban J connectivity index is 2.00. The van der Waals surface area contributed by atoms with E-state index in [-0.39, 0.29) is 11.2 Å². The van der Waals surface area contributed by atoms with E-state index in [0.717, 1.165) is 27.5 Å². The van der Waals surface area contributed by atoms with Gasteiger partial charge >= 0.3 is 0 Å². The third-order valence-electron chi connectivity index (χ3n) is 3.65. The summed E-state index contributed by atoms with van der Waals surface area (Å²) < 4.78 is 5.15. The third kappa shape index (κ3) is 2.82. The van der Waals surface area contributed by atoms with Crippen molar-refractivity contribution >= 4 is 23.4 Å². The van der Waals surface area contributed by atoms with Gasteiger partial charge in [-0.15, -0.1) is 11.8 Å². The van der Waals surface area contributed by atoms with Gasteiger partial charge in [0, 0.05) is 4.90 Å². The fraction of sp³-hybridized carbons (Fsp3) is 0.235. The maximum atomic E-state index is 12.2. The van der Waals surface area contributed by atoms with Crippen molar-refractivity contribution in [1.82, 2.24) is 0 Å². The van der Waals surface area contributed by atoms with Gasteiger partial charge in [-0.05, 0) is 42.3 Å². The molecule has 22 heavy (non-hydrogen) atoms. The Labute approximate surface area is 133 Å². The lowest BCUT2D eigenvalue weighted by Gasteiger charge is -2.19. The van der Waals surface area contributed by atoms with Gasteiger partial charge in [0.1, 0.15) is 11.9 Å². The SMILES string of the molecule is COc1ccc([C@@H]2Sc3cc(C)ccc3NC(=O)[C@@H]2O)cc1. The van der Waals surface area contributed by atoms with Gasteiger partial charge in [0.15, 0.2) is 0 Å². The van der Waals surface area contributed by atoms with Crippen molar-refractivity contribution in [2.24, 2.45) is 0 Å². The van der Waals surface area contributed by atoms with Gasteiger partial charge in [0.05, 0.1) is 18.0 Å². The van der Waals surface area contributed by atoms with Crippen molar-refractivity contribution < 1.29 is 14.6 Å². The molecule has 0 aliphatic carbocycles. The van der Waals surface area contributed by atoms with E-state index < -0.39 is 6.10 Å². The number of rotatable bonds is 2. The van der Waals surface area contributed by atoms with Crippen LogP contribution in [0.1, 0.15) is 16.4 Å². The standard InChI is InChI=1S/C17H17NO3S/c1-10-3-8-13-14(9-10)22-16(15(19)17(20)18-13)11-4-6-12(21-2)7-5-11/h3-9,15-16,19H,1-2H3,(H,18,20)/t15-,16+/m1/s1. The molecular formula is C17H17NO3S. The molecule has 1 heterocycles. The number of hydrogen-bond donors (Lipinski definition) is 2. The van der Waals surface area contributed by atoms with Gasteiger partial charge < -0.3 is 15.2 Å². The third-order valence-corrected chi connectivity index (χ3v) is 5.02. The predicted octanol–water partition coefficient (Wildman–Crippen LogP) is 3.15. The molecule has 2 aromatic rings. The molecule has 0 spiro atoms. The first-order chi connectivity index (χ1) is 10.6. The minimum absolute atomic E-state index is 0.353. The largest absolute Gasteiger partial charge is 0.497 e. The Morgan fingerprint density at radius 2 is 1.91 bits per heavy atom. The zero-order valence-corrected chi connectivity index (χ0v) is 13.2. The van der Waals surface area contributed by atoms with Crippen LogP contribution in [0.15, 0.2) is 47.4 Å². The number of aryl methyl sites for hydroxylation is 1. The van der Waals surface area contributed by atoms with Crippen LogP contribution >= 0.6 is 11.8 Å². The van der Waals surface area contributed by atoms with Crippen molar-refractivity contribution in [2.75, 3.05) is 12.4 Å². The molecular weight excluding hydrogens is 298 g/mol. The smallest absolute Gasteiger partial charge is 0.254 e. The number of nitrogens with one attached hydrogen (secondary N) is 1. The lowest BCUT2D eigenvalue weighted by Crippen LogP contribution is -2.30. The molecule has 4 nitrogen and oxygen atoms in total. The minimum atomic E-state index is -1.11. The van der Waals surface area contributed by atoms with Crippen LogP contribution in [0.25, 0.3) is 0 Å². The molecule has 0 unspecified atom stereocenters. The van der Waals surface area contributed by atoms with E-state index in [4.69, 9.17) is 4.74 Å². The second-order valence-electron chi connectivity index (χ2n) is 5.25. The highest BCUT2D eigenvalue weighted by atomic mass is 32.2. The maximum absolute atomic E-state index is 12.2. The zero-order chi connectivity index (χ0) is 15.7. The van der Waals surface area contributed by atoms with Gasteiger partial charge in [-0.2, -0.15) is 0 Å². The molecule has 1 aliphatic rings. The quantitative estimate of drug-likeness (QED) is 0.894. The number of benzene rings is 2. The number of hydrogen-bond acceptors (Lipinski definition) is 4. The minimum Gasteiger partial charge on any atom is -0.497 e. The number of aliphatic hydroxyl groups excluding tert-OH is 1. The first-order valence-electron chi connectivity index (χ1n) is 6.98. The van der Waals surface area contributed by atoms with Crippen LogP contribution in [0.2, 0.25) is 0 Å². The summed E-state index contributed by atoms with van der Waals surface area (Å²) in [6.07, 6.45) is -1.11. The van der Waals surface area contributed by atoms with Crippen molar-refractivity contribution in [3.8, 4) is 5.75 Å². The number of carbonyl (C=O) groups is 1. The maximum Gasteiger partial charge on any atom is 0.254 e. The second-order valence-corrected chi connectivity index (χ2v) is 6.43. The average molecular weight is 315 g/mol. The fourth-order valence-electron chi connectivity index (χ4n) is 2.42. The molecule has 1 aliphatic heterocycles. The first kappa shape index (κ1) is 14.9. The highest BCUT2D eigenvalue weighted by Gasteiger charge is 2.32. The van der Waals surface area contributed by atoms with Crippen LogP contribution in [-0.2, 0) is 4.79 Å². The van der Waals surface area contributed by atoms with Crippen LogP contribution in [-0.4, -0.2) is 24.2 Å². The molecule has 2 aromatic carbocycles. The summed E-state index contributed by atoms with van der Waals surface area (Å²) in [5.74, 6) is 0.369. The molecule has 5 heteroatoms. The first-order valence-corrected chi connectivity index (χ1v) is 7.86. The number of methoxy groups -OCH3 is 1. The van der Waals surface area contributed by atoms with Gasteiger partial charge in [-0.3, -0.25) is 4.79 Å². The Hall–Kier alpha value is -1.98. The topological polar surface area (TPSA) is 58.6 Å². The highest BCUT2D eigenvalue weighted by molar-refractivity contribution is 7.99. The van der Waals surface area contributed by atoms with Gasteiger partial charge in [-0.25, -0.2) is 0 Å². The Bertz CT molecular complexity index is 700. The summed E-state index contributed by atoms with van der Waals surface area (Å²) in [6, 6.07) is 13.3. The van der Waals surface area contributed by atoms with E-state index in [1.807, 2.05) is 49.4 Å². The van der Waals surface area contributed by atoms with Crippen LogP contribution in [0.3, 0.4) is 0 Å². The predicted molar refractivity (Wildman–Crippen MR) is 87.4 cm³/mol. The lowest BCUT2D eigenvalue weighted by molar-refractivity contribution is -0.124. The fourth-order valence-corrected chi connectivity index (χ4v) is 3.74. The summed E-state index contributed by atoms with van der Waals surface area (Å²) in [7, 11) is 1.61. The van der Waals surface area contributed by atoms with Crippen LogP contribution < -0.4 is 10.1 Å². The lowest BCUT2D eigenvalue weighted by atomic mass is 10.1. The number of aliphatic hydroxyl groups is 1. The molecule has 0 bridgehead atoms. The number of anilines is 1. The van der Waals surface area contributed by atoms with E-state index in [1.54, 1.807) is 7.11 Å². The van der Waals surface area contributed by atoms with Crippen LogP contribution in [0.5, 0.6) is 5.75 Å². The molecule has 0 radical (unpaired) electrons. The molecule has 0 fully saturated rings. The van der Waals surface area contributed by atoms with Gasteiger partial charge in [-0.1, -0.05) is 18.2 Å². The summed E-state index contributed by atoms with van der Waals surface area (Å²) in [6.45, 7) is 2.01. The molecule has 0 aromatic heterocycles. The molecule has 2 N–H and O–H groups in total. The Morgan fingerprint density at radius 3 is 2.59 bits per heavy atom. The summed E-state index contributed by atoms with van der Waals surface area (Å²) in [5, 5.41) is 12.8. The highest BCUT2D eigenvalue weighted by Crippen LogP contribution is 2.44. The number of amides is 1. The van der Waals surface area contributed by atoms with Gasteiger partial charge in [0.25, 0.3) is 5.91 Å². The number of carbonyl (C=O) groups excluding carboxylic acids is 1. The molecule has 3 rings (SSSR count). The van der Waals surface area contributed by atoms with Crippen molar-refractivity contribution in [1.29, 1.82) is 0 Å². The van der Waals surface area contributed by atoms with Gasteiger partial charge in [0.2, 0.25) is 0 Å². The van der Waals surface area contributed by atoms with E-state index in [1.165, 1.54) is 11.8 Å². The second kappa shape index (κ2) is 6.02. The van der Waals surface area contributed by atoms with Crippen molar-refractivity contribution in [2.45, 2.75) is 23.2 Å². The summed E-state index contributed by atoms with van der Waals surface area (Å²) in [5.41, 5.74) is 2.75. The molecule has 114 valence electrons. The number of fused-ring (bicyclic) bond motifs is 1. The van der Waals surface area contributed by atoms with Crippen molar-refractivity contribution in [3.63, 3.8) is 0 Å². The molecule has 0 saturated carbocycles. The average Bonchev–Trinajstić information content (AvgIpc) is 2.65. The normalized spacial score (nSPS) is 20.8. The monoisotopic (exact) mass is 315 g/mol. The summed E-state index contributed by atoms with van der Waals surface area (Å²) in [4.78, 5) is 13.1. The summed E-state index contributed by atoms with van der Waals surface area (Å²) >= 11 is 1.50. The van der Waals surface area contributed by atoms with E-state index in [9.17, 15) is 9.90 Å².